The minimum absolute atomic E-state index is 0.0718. The number of nitriles is 1. The smallest absolute Gasteiger partial charge is 0.231 e. The van der Waals surface area contributed by atoms with Gasteiger partial charge in [0.2, 0.25) is 11.8 Å². The molecule has 6 nitrogen and oxygen atoms in total. The first-order chi connectivity index (χ1) is 14.1. The summed E-state index contributed by atoms with van der Waals surface area (Å²) in [4.78, 5) is 8.77. The van der Waals surface area contributed by atoms with Gasteiger partial charge >= 0.3 is 0 Å². The van der Waals surface area contributed by atoms with Gasteiger partial charge < -0.3 is 16.2 Å². The molecule has 29 heavy (non-hydrogen) atoms. The summed E-state index contributed by atoms with van der Waals surface area (Å²) in [5.74, 6) is -0.530. The summed E-state index contributed by atoms with van der Waals surface area (Å²) in [6.45, 7) is 0. The molecule has 0 aliphatic carbocycles. The van der Waals surface area contributed by atoms with Crippen LogP contribution in [0.15, 0.2) is 71.2 Å². The van der Waals surface area contributed by atoms with Gasteiger partial charge in [0, 0.05) is 11.3 Å². The van der Waals surface area contributed by atoms with Gasteiger partial charge in [0.15, 0.2) is 5.16 Å². The molecule has 0 saturated carbocycles. The van der Waals surface area contributed by atoms with E-state index in [0.29, 0.717) is 16.5 Å². The van der Waals surface area contributed by atoms with Crippen molar-refractivity contribution in [2.75, 3.05) is 5.73 Å². The average molecular weight is 405 g/mol. The standard InChI is InChI=1S/C21H16FN5OS/c22-15-9-5-4-8-13(15)16-14(10-23)19(25)28-20-17(16)18(24)26-21(27-20)29-11-12-6-2-1-3-7-12/h1-9,16H,11,25H2,(H2,24,26,27). The number of rotatable bonds is 4. The molecular formula is C21H16FN5OS. The van der Waals surface area contributed by atoms with Crippen molar-refractivity contribution in [2.45, 2.75) is 16.8 Å². The van der Waals surface area contributed by atoms with E-state index in [1.807, 2.05) is 36.4 Å². The fraction of sp³-hybridized carbons (Fsp3) is 0.0952. The molecule has 4 N–H and O–H groups in total. The highest BCUT2D eigenvalue weighted by Gasteiger charge is 2.36. The Morgan fingerprint density at radius 3 is 2.52 bits per heavy atom. The highest BCUT2D eigenvalue weighted by atomic mass is 32.2. The third kappa shape index (κ3) is 3.60. The Balaban J connectivity index is 1.75. The van der Waals surface area contributed by atoms with E-state index in [0.717, 1.165) is 5.56 Å². The van der Waals surface area contributed by atoms with Crippen molar-refractivity contribution in [1.29, 1.82) is 5.26 Å². The van der Waals surface area contributed by atoms with Gasteiger partial charge in [0.1, 0.15) is 23.3 Å². The summed E-state index contributed by atoms with van der Waals surface area (Å²) in [5, 5.41) is 10.00. The highest BCUT2D eigenvalue weighted by Crippen LogP contribution is 2.44. The van der Waals surface area contributed by atoms with E-state index in [4.69, 9.17) is 16.2 Å². The summed E-state index contributed by atoms with van der Waals surface area (Å²) < 4.78 is 20.1. The van der Waals surface area contributed by atoms with Crippen molar-refractivity contribution in [1.82, 2.24) is 9.97 Å². The molecule has 4 rings (SSSR count). The van der Waals surface area contributed by atoms with Crippen molar-refractivity contribution in [3.8, 4) is 11.9 Å². The molecule has 0 bridgehead atoms. The molecule has 0 amide bonds. The first kappa shape index (κ1) is 18.8. The molecule has 0 spiro atoms. The molecular weight excluding hydrogens is 389 g/mol. The Hall–Kier alpha value is -3.57. The fourth-order valence-electron chi connectivity index (χ4n) is 3.17. The zero-order chi connectivity index (χ0) is 20.4. The van der Waals surface area contributed by atoms with Gasteiger partial charge in [-0.2, -0.15) is 10.2 Å². The molecule has 2 heterocycles. The maximum atomic E-state index is 14.5. The highest BCUT2D eigenvalue weighted by molar-refractivity contribution is 7.98. The lowest BCUT2D eigenvalue weighted by molar-refractivity contribution is 0.372. The second kappa shape index (κ2) is 7.81. The number of thioether (sulfide) groups is 1. The number of aromatic nitrogens is 2. The number of nitrogens with zero attached hydrogens (tertiary/aromatic N) is 3. The van der Waals surface area contributed by atoms with Gasteiger partial charge in [-0.15, -0.1) is 0 Å². The van der Waals surface area contributed by atoms with Crippen LogP contribution in [0.2, 0.25) is 0 Å². The predicted molar refractivity (Wildman–Crippen MR) is 108 cm³/mol. The maximum absolute atomic E-state index is 14.5. The molecule has 1 atom stereocenters. The molecule has 1 aromatic heterocycles. The first-order valence-electron chi connectivity index (χ1n) is 8.74. The molecule has 1 aliphatic rings. The van der Waals surface area contributed by atoms with E-state index < -0.39 is 11.7 Å². The fourth-order valence-corrected chi connectivity index (χ4v) is 3.96. The van der Waals surface area contributed by atoms with Crippen LogP contribution in [0.1, 0.15) is 22.6 Å². The van der Waals surface area contributed by atoms with Crippen molar-refractivity contribution < 1.29 is 9.13 Å². The quantitative estimate of drug-likeness (QED) is 0.503. The number of allylic oxidation sites excluding steroid dienone is 1. The number of ether oxygens (including phenoxy) is 1. The molecule has 8 heteroatoms. The molecule has 2 aromatic carbocycles. The lowest BCUT2D eigenvalue weighted by Gasteiger charge is -2.26. The summed E-state index contributed by atoms with van der Waals surface area (Å²) >= 11 is 1.39. The number of nitrogen functional groups attached to an aromatic ring is 1. The minimum Gasteiger partial charge on any atom is -0.422 e. The Morgan fingerprint density at radius 1 is 1.07 bits per heavy atom. The zero-order valence-corrected chi connectivity index (χ0v) is 16.0. The Morgan fingerprint density at radius 2 is 1.79 bits per heavy atom. The molecule has 0 saturated heterocycles. The van der Waals surface area contributed by atoms with Crippen molar-refractivity contribution in [3.05, 3.63) is 88.6 Å². The second-order valence-corrected chi connectivity index (χ2v) is 7.27. The monoisotopic (exact) mass is 405 g/mol. The van der Waals surface area contributed by atoms with E-state index in [1.165, 1.54) is 17.8 Å². The van der Waals surface area contributed by atoms with Gasteiger partial charge in [-0.1, -0.05) is 60.3 Å². The number of hydrogen-bond acceptors (Lipinski definition) is 7. The van der Waals surface area contributed by atoms with Gasteiger partial charge in [-0.25, -0.2) is 9.37 Å². The Bertz CT molecular complexity index is 1140. The van der Waals surface area contributed by atoms with Crippen LogP contribution < -0.4 is 16.2 Å². The van der Waals surface area contributed by atoms with Crippen LogP contribution in [0.5, 0.6) is 5.88 Å². The summed E-state index contributed by atoms with van der Waals surface area (Å²) in [6.07, 6.45) is 0. The lowest BCUT2D eigenvalue weighted by Crippen LogP contribution is -2.24. The van der Waals surface area contributed by atoms with Gasteiger partial charge in [0.05, 0.1) is 11.5 Å². The van der Waals surface area contributed by atoms with E-state index >= 15 is 0 Å². The molecule has 144 valence electrons. The Kier molecular flexibility index (Phi) is 5.06. The summed E-state index contributed by atoms with van der Waals surface area (Å²) in [6, 6.07) is 18.0. The van der Waals surface area contributed by atoms with Crippen molar-refractivity contribution >= 4 is 17.6 Å². The largest absolute Gasteiger partial charge is 0.422 e. The zero-order valence-electron chi connectivity index (χ0n) is 15.2. The third-order valence-corrected chi connectivity index (χ3v) is 5.43. The molecule has 3 aromatic rings. The second-order valence-electron chi connectivity index (χ2n) is 6.33. The number of benzene rings is 2. The van der Waals surface area contributed by atoms with E-state index in [2.05, 4.69) is 9.97 Å². The third-order valence-electron chi connectivity index (χ3n) is 4.52. The van der Waals surface area contributed by atoms with Gasteiger partial charge in [0.25, 0.3) is 0 Å². The SMILES string of the molecule is N#CC1=C(N)Oc2nc(SCc3ccccc3)nc(N)c2C1c1ccccc1F. The summed E-state index contributed by atoms with van der Waals surface area (Å²) in [5.41, 5.74) is 13.9. The van der Waals surface area contributed by atoms with Crippen LogP contribution >= 0.6 is 11.8 Å². The lowest BCUT2D eigenvalue weighted by atomic mass is 9.84. The molecule has 1 unspecified atom stereocenters. The topological polar surface area (TPSA) is 111 Å². The van der Waals surface area contributed by atoms with Crippen molar-refractivity contribution in [3.63, 3.8) is 0 Å². The maximum Gasteiger partial charge on any atom is 0.231 e. The molecule has 0 fully saturated rings. The summed E-state index contributed by atoms with van der Waals surface area (Å²) in [7, 11) is 0. The van der Waals surface area contributed by atoms with Crippen molar-refractivity contribution in [2.24, 2.45) is 5.73 Å². The number of anilines is 1. The number of hydrogen-bond donors (Lipinski definition) is 2. The normalized spacial score (nSPS) is 15.4. The van der Waals surface area contributed by atoms with E-state index in [1.54, 1.807) is 18.2 Å². The van der Waals surface area contributed by atoms with Crippen LogP contribution in [0, 0.1) is 17.1 Å². The number of nitrogens with two attached hydrogens (primary N) is 2. The van der Waals surface area contributed by atoms with Crippen LogP contribution in [0.25, 0.3) is 0 Å². The number of halogens is 1. The van der Waals surface area contributed by atoms with E-state index in [-0.39, 0.29) is 28.7 Å². The number of fused-ring (bicyclic) bond motifs is 1. The first-order valence-corrected chi connectivity index (χ1v) is 9.73. The van der Waals surface area contributed by atoms with Gasteiger partial charge in [-0.3, -0.25) is 0 Å². The Labute approximate surface area is 171 Å². The average Bonchev–Trinajstić information content (AvgIpc) is 2.72. The minimum atomic E-state index is -0.835. The molecule has 1 aliphatic heterocycles. The van der Waals surface area contributed by atoms with Crippen LogP contribution in [-0.4, -0.2) is 9.97 Å². The predicted octanol–water partition coefficient (Wildman–Crippen LogP) is 3.71. The van der Waals surface area contributed by atoms with Crippen LogP contribution in [-0.2, 0) is 5.75 Å². The molecule has 0 radical (unpaired) electrons. The van der Waals surface area contributed by atoms with Crippen LogP contribution in [0.3, 0.4) is 0 Å². The van der Waals surface area contributed by atoms with Crippen LogP contribution in [0.4, 0.5) is 10.2 Å². The van der Waals surface area contributed by atoms with E-state index in [9.17, 15) is 9.65 Å². The van der Waals surface area contributed by atoms with Gasteiger partial charge in [-0.05, 0) is 11.6 Å².